The second-order valence-electron chi connectivity index (χ2n) is 4.33. The Morgan fingerprint density at radius 2 is 1.79 bits per heavy atom. The molecule has 0 unspecified atom stereocenters. The Kier molecular flexibility index (Phi) is 4.86. The van der Waals surface area contributed by atoms with E-state index in [1.807, 2.05) is 0 Å². The SMILES string of the molecule is COC(=O)c1cc(C(F)(F)F)nnc1Oc1cc(F)ccc1OC. The van der Waals surface area contributed by atoms with Crippen LogP contribution in [0.5, 0.6) is 17.4 Å². The molecule has 0 aliphatic rings. The molecule has 0 saturated carbocycles. The molecule has 1 heterocycles. The highest BCUT2D eigenvalue weighted by molar-refractivity contribution is 5.91. The van der Waals surface area contributed by atoms with Crippen LogP contribution < -0.4 is 9.47 Å². The van der Waals surface area contributed by atoms with Gasteiger partial charge in [0.2, 0.25) is 0 Å². The molecule has 0 spiro atoms. The average molecular weight is 346 g/mol. The molecular weight excluding hydrogens is 336 g/mol. The Morgan fingerprint density at radius 1 is 1.08 bits per heavy atom. The number of hydrogen-bond acceptors (Lipinski definition) is 6. The highest BCUT2D eigenvalue weighted by atomic mass is 19.4. The Balaban J connectivity index is 2.50. The van der Waals surface area contributed by atoms with Gasteiger partial charge in [0.15, 0.2) is 17.2 Å². The summed E-state index contributed by atoms with van der Waals surface area (Å²) in [4.78, 5) is 11.7. The lowest BCUT2D eigenvalue weighted by molar-refractivity contribution is -0.141. The molecule has 0 fully saturated rings. The molecule has 0 amide bonds. The lowest BCUT2D eigenvalue weighted by Gasteiger charge is -2.13. The summed E-state index contributed by atoms with van der Waals surface area (Å²) in [6.45, 7) is 0. The molecule has 24 heavy (non-hydrogen) atoms. The Morgan fingerprint density at radius 3 is 2.38 bits per heavy atom. The number of ether oxygens (including phenoxy) is 3. The monoisotopic (exact) mass is 346 g/mol. The van der Waals surface area contributed by atoms with Crippen LogP contribution in [0.15, 0.2) is 24.3 Å². The van der Waals surface area contributed by atoms with E-state index in [4.69, 9.17) is 9.47 Å². The van der Waals surface area contributed by atoms with Crippen LogP contribution in [-0.4, -0.2) is 30.4 Å². The molecule has 10 heteroatoms. The predicted octanol–water partition coefficient (Wildman–Crippen LogP) is 3.22. The average Bonchev–Trinajstić information content (AvgIpc) is 2.53. The number of esters is 1. The minimum Gasteiger partial charge on any atom is -0.493 e. The van der Waals surface area contributed by atoms with Crippen LogP contribution >= 0.6 is 0 Å². The van der Waals surface area contributed by atoms with Crippen LogP contribution in [0.1, 0.15) is 16.1 Å². The predicted molar refractivity (Wildman–Crippen MR) is 71.4 cm³/mol. The number of benzene rings is 1. The fraction of sp³-hybridized carbons (Fsp3) is 0.214. The minimum absolute atomic E-state index is 0.0777. The molecule has 0 bridgehead atoms. The number of carbonyl (C=O) groups excluding carboxylic acids is 1. The Labute approximate surface area is 133 Å². The van der Waals surface area contributed by atoms with Gasteiger partial charge in [-0.3, -0.25) is 0 Å². The lowest BCUT2D eigenvalue weighted by Crippen LogP contribution is -2.14. The van der Waals surface area contributed by atoms with Gasteiger partial charge in [0, 0.05) is 6.07 Å². The number of alkyl halides is 3. The van der Waals surface area contributed by atoms with E-state index in [1.165, 1.54) is 13.2 Å². The van der Waals surface area contributed by atoms with Crippen LogP contribution in [0.4, 0.5) is 17.6 Å². The summed E-state index contributed by atoms with van der Waals surface area (Å²) in [6.07, 6.45) is -4.81. The van der Waals surface area contributed by atoms with Crippen molar-refractivity contribution in [2.75, 3.05) is 14.2 Å². The van der Waals surface area contributed by atoms with Gasteiger partial charge in [0.1, 0.15) is 11.4 Å². The van der Waals surface area contributed by atoms with E-state index in [-0.39, 0.29) is 11.5 Å². The fourth-order valence-corrected chi connectivity index (χ4v) is 1.69. The molecule has 1 aromatic heterocycles. The molecule has 0 aliphatic carbocycles. The summed E-state index contributed by atoms with van der Waals surface area (Å²) in [6, 6.07) is 3.67. The van der Waals surface area contributed by atoms with Crippen LogP contribution in [-0.2, 0) is 10.9 Å². The maximum absolute atomic E-state index is 13.3. The van der Waals surface area contributed by atoms with E-state index in [0.717, 1.165) is 19.2 Å². The summed E-state index contributed by atoms with van der Waals surface area (Å²) in [5, 5.41) is 6.20. The maximum atomic E-state index is 13.3. The third-order valence-corrected chi connectivity index (χ3v) is 2.79. The third-order valence-electron chi connectivity index (χ3n) is 2.79. The van der Waals surface area contributed by atoms with Crippen LogP contribution in [0, 0.1) is 5.82 Å². The highest BCUT2D eigenvalue weighted by Crippen LogP contribution is 2.34. The molecule has 0 N–H and O–H groups in total. The van der Waals surface area contributed by atoms with Crippen molar-refractivity contribution in [2.45, 2.75) is 6.18 Å². The topological polar surface area (TPSA) is 70.5 Å². The molecule has 0 radical (unpaired) electrons. The number of carbonyl (C=O) groups is 1. The lowest BCUT2D eigenvalue weighted by atomic mass is 10.2. The molecule has 2 rings (SSSR count). The first-order chi connectivity index (χ1) is 11.3. The number of hydrogen-bond donors (Lipinski definition) is 0. The second-order valence-corrected chi connectivity index (χ2v) is 4.33. The van der Waals surface area contributed by atoms with E-state index in [1.54, 1.807) is 0 Å². The molecule has 128 valence electrons. The summed E-state index contributed by atoms with van der Waals surface area (Å²) in [5.41, 5.74) is -2.02. The van der Waals surface area contributed by atoms with E-state index >= 15 is 0 Å². The van der Waals surface area contributed by atoms with Crippen LogP contribution in [0.3, 0.4) is 0 Å². The molecule has 1 aromatic carbocycles. The molecule has 2 aromatic rings. The number of methoxy groups -OCH3 is 2. The number of aromatic nitrogens is 2. The van der Waals surface area contributed by atoms with Gasteiger partial charge in [0.25, 0.3) is 5.88 Å². The first-order valence-corrected chi connectivity index (χ1v) is 6.31. The van der Waals surface area contributed by atoms with Gasteiger partial charge in [-0.1, -0.05) is 0 Å². The first-order valence-electron chi connectivity index (χ1n) is 6.31. The fourth-order valence-electron chi connectivity index (χ4n) is 1.69. The van der Waals surface area contributed by atoms with Crippen molar-refractivity contribution in [2.24, 2.45) is 0 Å². The standard InChI is InChI=1S/C14H10F4N2O4/c1-22-9-4-3-7(15)5-10(9)24-12-8(13(21)23-2)6-11(19-20-12)14(16,17)18/h3-6H,1-2H3. The van der Waals surface area contributed by atoms with Crippen molar-refractivity contribution in [3.05, 3.63) is 41.3 Å². The van der Waals surface area contributed by atoms with Gasteiger partial charge < -0.3 is 14.2 Å². The zero-order valence-electron chi connectivity index (χ0n) is 12.3. The zero-order chi connectivity index (χ0) is 17.9. The minimum atomic E-state index is -4.81. The van der Waals surface area contributed by atoms with Crippen molar-refractivity contribution in [1.82, 2.24) is 10.2 Å². The van der Waals surface area contributed by atoms with Crippen molar-refractivity contribution >= 4 is 5.97 Å². The zero-order valence-corrected chi connectivity index (χ0v) is 12.3. The summed E-state index contributed by atoms with van der Waals surface area (Å²) in [7, 11) is 2.25. The van der Waals surface area contributed by atoms with Gasteiger partial charge in [0.05, 0.1) is 14.2 Å². The van der Waals surface area contributed by atoms with Gasteiger partial charge in [-0.25, -0.2) is 9.18 Å². The smallest absolute Gasteiger partial charge is 0.435 e. The normalized spacial score (nSPS) is 11.1. The van der Waals surface area contributed by atoms with Crippen molar-refractivity contribution < 1.29 is 36.6 Å². The maximum Gasteiger partial charge on any atom is 0.435 e. The summed E-state index contributed by atoms with van der Waals surface area (Å²) in [5.74, 6) is -2.52. The van der Waals surface area contributed by atoms with E-state index < -0.39 is 35.1 Å². The van der Waals surface area contributed by atoms with Crippen LogP contribution in [0.25, 0.3) is 0 Å². The summed E-state index contributed by atoms with van der Waals surface area (Å²) < 4.78 is 66.0. The Bertz CT molecular complexity index is 765. The van der Waals surface area contributed by atoms with E-state index in [0.29, 0.717) is 6.07 Å². The number of nitrogens with zero attached hydrogens (tertiary/aromatic N) is 2. The molecule has 0 atom stereocenters. The first kappa shape index (κ1) is 17.4. The molecule has 0 saturated heterocycles. The van der Waals surface area contributed by atoms with E-state index in [2.05, 4.69) is 14.9 Å². The summed E-state index contributed by atoms with van der Waals surface area (Å²) >= 11 is 0. The van der Waals surface area contributed by atoms with Crippen molar-refractivity contribution in [3.8, 4) is 17.4 Å². The van der Waals surface area contributed by atoms with Gasteiger partial charge in [-0.2, -0.15) is 13.2 Å². The second kappa shape index (κ2) is 6.69. The van der Waals surface area contributed by atoms with E-state index in [9.17, 15) is 22.4 Å². The molecule has 0 aliphatic heterocycles. The molecule has 6 nitrogen and oxygen atoms in total. The van der Waals surface area contributed by atoms with Gasteiger partial charge >= 0.3 is 12.1 Å². The largest absolute Gasteiger partial charge is 0.493 e. The third kappa shape index (κ3) is 3.70. The quantitative estimate of drug-likeness (QED) is 0.625. The number of rotatable bonds is 4. The van der Waals surface area contributed by atoms with Crippen molar-refractivity contribution in [3.63, 3.8) is 0 Å². The van der Waals surface area contributed by atoms with Crippen molar-refractivity contribution in [1.29, 1.82) is 0 Å². The Hall–Kier alpha value is -2.91. The van der Waals surface area contributed by atoms with Gasteiger partial charge in [-0.05, 0) is 18.2 Å². The highest BCUT2D eigenvalue weighted by Gasteiger charge is 2.35. The van der Waals surface area contributed by atoms with Gasteiger partial charge in [-0.15, -0.1) is 10.2 Å². The number of halogens is 4. The molecular formula is C14H10F4N2O4. The van der Waals surface area contributed by atoms with Crippen LogP contribution in [0.2, 0.25) is 0 Å².